The number of benzene rings is 1. The molecule has 3 nitrogen and oxygen atoms in total. The second-order valence-corrected chi connectivity index (χ2v) is 7.09. The topological polar surface area (TPSA) is 38.3 Å². The normalized spacial score (nSPS) is 15.5. The number of hydrogen-bond acceptors (Lipinski definition) is 3. The number of halogens is 3. The van der Waals surface area contributed by atoms with Crippen LogP contribution in [-0.4, -0.2) is 24.7 Å². The van der Waals surface area contributed by atoms with Gasteiger partial charge in [-0.3, -0.25) is 4.79 Å². The van der Waals surface area contributed by atoms with E-state index in [1.165, 1.54) is 11.3 Å². The number of aryl methyl sites for hydroxylation is 1. The van der Waals surface area contributed by atoms with Crippen LogP contribution in [0.2, 0.25) is 0 Å². The second kappa shape index (κ2) is 7.58. The van der Waals surface area contributed by atoms with E-state index in [2.05, 4.69) is 5.32 Å². The molecular weight excluding hydrogens is 351 g/mol. The molecule has 1 aliphatic heterocycles. The molecule has 0 radical (unpaired) electrons. The zero-order chi connectivity index (χ0) is 17.9. The highest BCUT2D eigenvalue weighted by molar-refractivity contribution is 7.14. The minimum Gasteiger partial charge on any atom is -0.376 e. The highest BCUT2D eigenvalue weighted by Gasteiger charge is 2.40. The molecule has 25 heavy (non-hydrogen) atoms. The van der Waals surface area contributed by atoms with Gasteiger partial charge in [0.25, 0.3) is 5.91 Å². The summed E-state index contributed by atoms with van der Waals surface area (Å²) in [6.07, 6.45) is -3.72. The molecule has 0 unspecified atom stereocenters. The van der Waals surface area contributed by atoms with Gasteiger partial charge in [0.1, 0.15) is 6.04 Å². The zero-order valence-corrected chi connectivity index (χ0v) is 14.3. The van der Waals surface area contributed by atoms with Gasteiger partial charge < -0.3 is 10.1 Å². The van der Waals surface area contributed by atoms with E-state index in [4.69, 9.17) is 4.74 Å². The number of thiophene rings is 1. The van der Waals surface area contributed by atoms with Crippen molar-refractivity contribution in [1.82, 2.24) is 5.32 Å². The number of fused-ring (bicyclic) bond motifs is 1. The van der Waals surface area contributed by atoms with Gasteiger partial charge in [-0.25, -0.2) is 0 Å². The van der Waals surface area contributed by atoms with Crippen molar-refractivity contribution in [3.8, 4) is 0 Å². The standard InChI is InChI=1S/C18H18F3NO2S/c19-18(20,21)16(7-6-12-4-2-1-3-5-12)22-17(23)15-10-13-11-24-9-8-14(13)25-15/h1-5,10,16H,6-9,11H2,(H,22,23)/t16-/m0/s1. The summed E-state index contributed by atoms with van der Waals surface area (Å²) in [5.41, 5.74) is 1.71. The van der Waals surface area contributed by atoms with Crippen LogP contribution in [0.3, 0.4) is 0 Å². The van der Waals surface area contributed by atoms with Crippen LogP contribution in [0.1, 0.15) is 32.1 Å². The summed E-state index contributed by atoms with van der Waals surface area (Å²) in [5, 5.41) is 2.16. The molecule has 2 aromatic rings. The lowest BCUT2D eigenvalue weighted by Crippen LogP contribution is -2.45. The largest absolute Gasteiger partial charge is 0.408 e. The molecule has 7 heteroatoms. The fourth-order valence-electron chi connectivity index (χ4n) is 2.76. The molecule has 1 aromatic carbocycles. The molecule has 1 aromatic heterocycles. The van der Waals surface area contributed by atoms with E-state index in [1.807, 2.05) is 6.07 Å². The maximum atomic E-state index is 13.3. The fourth-order valence-corrected chi connectivity index (χ4v) is 3.81. The number of carbonyl (C=O) groups excluding carboxylic acids is 1. The number of rotatable bonds is 5. The molecule has 134 valence electrons. The molecule has 1 aliphatic rings. The van der Waals surface area contributed by atoms with Gasteiger partial charge >= 0.3 is 6.18 Å². The first-order valence-corrected chi connectivity index (χ1v) is 8.86. The van der Waals surface area contributed by atoms with E-state index in [0.717, 1.165) is 16.0 Å². The predicted molar refractivity (Wildman–Crippen MR) is 89.8 cm³/mol. The Bertz CT molecular complexity index is 704. The SMILES string of the molecule is O=C(N[C@@H](CCc1ccccc1)C(F)(F)F)c1cc2c(s1)CCOC2. The van der Waals surface area contributed by atoms with Gasteiger partial charge in [-0.05, 0) is 30.0 Å². The molecule has 0 bridgehead atoms. The molecule has 0 spiro atoms. The van der Waals surface area contributed by atoms with Crippen molar-refractivity contribution in [3.05, 3.63) is 57.3 Å². The van der Waals surface area contributed by atoms with Gasteiger partial charge in [0.2, 0.25) is 0 Å². The van der Waals surface area contributed by atoms with Crippen LogP contribution in [-0.2, 0) is 24.2 Å². The number of amides is 1. The molecule has 3 rings (SSSR count). The third-order valence-electron chi connectivity index (χ3n) is 4.12. The quantitative estimate of drug-likeness (QED) is 0.861. The average molecular weight is 369 g/mol. The summed E-state index contributed by atoms with van der Waals surface area (Å²) in [6.45, 7) is 0.993. The van der Waals surface area contributed by atoms with Crippen LogP contribution in [0.15, 0.2) is 36.4 Å². The van der Waals surface area contributed by atoms with Gasteiger partial charge in [0.05, 0.1) is 18.1 Å². The predicted octanol–water partition coefficient (Wildman–Crippen LogP) is 4.11. The van der Waals surface area contributed by atoms with E-state index >= 15 is 0 Å². The van der Waals surface area contributed by atoms with E-state index < -0.39 is 18.1 Å². The number of hydrogen-bond donors (Lipinski definition) is 1. The fraction of sp³-hybridized carbons (Fsp3) is 0.389. The Balaban J connectivity index is 1.67. The Morgan fingerprint density at radius 1 is 1.28 bits per heavy atom. The number of alkyl halides is 3. The molecule has 0 fully saturated rings. The monoisotopic (exact) mass is 369 g/mol. The zero-order valence-electron chi connectivity index (χ0n) is 13.4. The lowest BCUT2D eigenvalue weighted by molar-refractivity contribution is -0.154. The Morgan fingerprint density at radius 2 is 2.04 bits per heavy atom. The number of nitrogens with one attached hydrogen (secondary N) is 1. The van der Waals surface area contributed by atoms with Crippen LogP contribution >= 0.6 is 11.3 Å². The third kappa shape index (κ3) is 4.61. The van der Waals surface area contributed by atoms with Crippen molar-refractivity contribution in [2.24, 2.45) is 0 Å². The van der Waals surface area contributed by atoms with Gasteiger partial charge in [0, 0.05) is 11.3 Å². The molecular formula is C18H18F3NO2S. The highest BCUT2D eigenvalue weighted by Crippen LogP contribution is 2.28. The Kier molecular flexibility index (Phi) is 5.44. The second-order valence-electron chi connectivity index (χ2n) is 5.95. The van der Waals surface area contributed by atoms with Crippen molar-refractivity contribution in [2.75, 3.05) is 6.61 Å². The smallest absolute Gasteiger partial charge is 0.376 e. The summed E-state index contributed by atoms with van der Waals surface area (Å²) in [7, 11) is 0. The van der Waals surface area contributed by atoms with Crippen LogP contribution < -0.4 is 5.32 Å². The summed E-state index contributed by atoms with van der Waals surface area (Å²) in [6, 6.07) is 8.72. The molecule has 0 saturated carbocycles. The lowest BCUT2D eigenvalue weighted by atomic mass is 10.0. The first-order chi connectivity index (χ1) is 11.9. The van der Waals surface area contributed by atoms with Crippen LogP contribution in [0.5, 0.6) is 0 Å². The first kappa shape index (κ1) is 17.9. The molecule has 1 atom stereocenters. The summed E-state index contributed by atoms with van der Waals surface area (Å²) >= 11 is 1.25. The van der Waals surface area contributed by atoms with Gasteiger partial charge in [0.15, 0.2) is 0 Å². The van der Waals surface area contributed by atoms with E-state index in [1.54, 1.807) is 30.3 Å². The summed E-state index contributed by atoms with van der Waals surface area (Å²) in [4.78, 5) is 13.6. The molecule has 2 heterocycles. The summed E-state index contributed by atoms with van der Waals surface area (Å²) in [5.74, 6) is -0.671. The van der Waals surface area contributed by atoms with Gasteiger partial charge in [-0.1, -0.05) is 30.3 Å². The van der Waals surface area contributed by atoms with Crippen molar-refractivity contribution in [2.45, 2.75) is 38.1 Å². The maximum absolute atomic E-state index is 13.3. The van der Waals surface area contributed by atoms with E-state index in [9.17, 15) is 18.0 Å². The molecule has 0 aliphatic carbocycles. The van der Waals surface area contributed by atoms with E-state index in [-0.39, 0.29) is 12.8 Å². The van der Waals surface area contributed by atoms with Crippen LogP contribution in [0.25, 0.3) is 0 Å². The van der Waals surface area contributed by atoms with Crippen molar-refractivity contribution < 1.29 is 22.7 Å². The highest BCUT2D eigenvalue weighted by atomic mass is 32.1. The Labute approximate surface area is 147 Å². The Morgan fingerprint density at radius 3 is 2.72 bits per heavy atom. The van der Waals surface area contributed by atoms with Crippen LogP contribution in [0, 0.1) is 0 Å². The third-order valence-corrected chi connectivity index (χ3v) is 5.35. The minimum absolute atomic E-state index is 0.187. The van der Waals surface area contributed by atoms with Crippen molar-refractivity contribution in [1.29, 1.82) is 0 Å². The minimum atomic E-state index is -4.48. The van der Waals surface area contributed by atoms with Crippen molar-refractivity contribution >= 4 is 17.2 Å². The first-order valence-electron chi connectivity index (χ1n) is 8.04. The van der Waals surface area contributed by atoms with Crippen molar-refractivity contribution in [3.63, 3.8) is 0 Å². The van der Waals surface area contributed by atoms with Gasteiger partial charge in [-0.2, -0.15) is 13.2 Å². The molecule has 1 amide bonds. The number of carbonyl (C=O) groups is 1. The van der Waals surface area contributed by atoms with Gasteiger partial charge in [-0.15, -0.1) is 11.3 Å². The molecule has 1 N–H and O–H groups in total. The molecule has 0 saturated heterocycles. The average Bonchev–Trinajstić information content (AvgIpc) is 3.02. The van der Waals surface area contributed by atoms with E-state index in [0.29, 0.717) is 24.5 Å². The lowest BCUT2D eigenvalue weighted by Gasteiger charge is -2.21. The summed E-state index contributed by atoms with van der Waals surface area (Å²) < 4.78 is 45.2. The maximum Gasteiger partial charge on any atom is 0.408 e. The Hall–Kier alpha value is -1.86. The number of ether oxygens (including phenoxy) is 1. The van der Waals surface area contributed by atoms with Crippen LogP contribution in [0.4, 0.5) is 13.2 Å².